The normalized spacial score (nSPS) is 10.4. The summed E-state index contributed by atoms with van der Waals surface area (Å²) in [6.07, 6.45) is 0. The Hall–Kier alpha value is -2.37. The molecular formula is C17H17N3OS. The van der Waals surface area contributed by atoms with Gasteiger partial charge in [0.1, 0.15) is 12.4 Å². The molecule has 0 bridgehead atoms. The molecule has 3 N–H and O–H groups in total. The third-order valence-electron chi connectivity index (χ3n) is 3.11. The molecule has 2 aromatic carbocycles. The van der Waals surface area contributed by atoms with Gasteiger partial charge in [-0.05, 0) is 29.8 Å². The van der Waals surface area contributed by atoms with Gasteiger partial charge in [-0.25, -0.2) is 4.98 Å². The summed E-state index contributed by atoms with van der Waals surface area (Å²) in [6.45, 7) is 1.03. The Bertz CT molecular complexity index is 710. The van der Waals surface area contributed by atoms with Crippen LogP contribution in [0.15, 0.2) is 60.0 Å². The Balaban J connectivity index is 1.58. The van der Waals surface area contributed by atoms with Crippen LogP contribution in [-0.2, 0) is 13.2 Å². The van der Waals surface area contributed by atoms with Crippen molar-refractivity contribution in [2.24, 2.45) is 5.73 Å². The summed E-state index contributed by atoms with van der Waals surface area (Å²) in [5, 5.41) is 6.06. The Kier molecular flexibility index (Phi) is 4.68. The third kappa shape index (κ3) is 3.84. The van der Waals surface area contributed by atoms with Crippen LogP contribution in [0.5, 0.6) is 5.75 Å². The van der Waals surface area contributed by atoms with Crippen molar-refractivity contribution in [1.29, 1.82) is 0 Å². The number of ether oxygens (including phenoxy) is 1. The van der Waals surface area contributed by atoms with E-state index in [1.54, 1.807) is 11.3 Å². The Labute approximate surface area is 133 Å². The van der Waals surface area contributed by atoms with Crippen molar-refractivity contribution < 1.29 is 4.74 Å². The highest BCUT2D eigenvalue weighted by Crippen LogP contribution is 2.23. The van der Waals surface area contributed by atoms with Crippen LogP contribution in [-0.4, -0.2) is 4.98 Å². The van der Waals surface area contributed by atoms with Gasteiger partial charge in [0.2, 0.25) is 0 Å². The van der Waals surface area contributed by atoms with Gasteiger partial charge in [-0.1, -0.05) is 30.3 Å². The summed E-state index contributed by atoms with van der Waals surface area (Å²) in [6, 6.07) is 18.0. The molecular weight excluding hydrogens is 294 g/mol. The highest BCUT2D eigenvalue weighted by atomic mass is 32.1. The second kappa shape index (κ2) is 7.06. The molecule has 112 valence electrons. The first kappa shape index (κ1) is 14.6. The summed E-state index contributed by atoms with van der Waals surface area (Å²) in [5.74, 6) is 0.844. The van der Waals surface area contributed by atoms with E-state index in [4.69, 9.17) is 10.5 Å². The molecule has 0 amide bonds. The van der Waals surface area contributed by atoms with Crippen molar-refractivity contribution in [3.63, 3.8) is 0 Å². The summed E-state index contributed by atoms with van der Waals surface area (Å²) in [5.41, 5.74) is 8.59. The number of thiazole rings is 1. The first-order chi connectivity index (χ1) is 10.8. The van der Waals surface area contributed by atoms with Crippen molar-refractivity contribution in [3.8, 4) is 5.75 Å². The van der Waals surface area contributed by atoms with Crippen LogP contribution in [0.2, 0.25) is 0 Å². The zero-order valence-electron chi connectivity index (χ0n) is 12.0. The Morgan fingerprint density at radius 3 is 2.50 bits per heavy atom. The number of nitrogens with two attached hydrogens (primary N) is 1. The van der Waals surface area contributed by atoms with Crippen LogP contribution in [0.1, 0.15) is 11.3 Å². The molecule has 0 fully saturated rings. The fraction of sp³-hybridized carbons (Fsp3) is 0.118. The second-order valence-corrected chi connectivity index (χ2v) is 5.63. The van der Waals surface area contributed by atoms with E-state index in [9.17, 15) is 0 Å². The molecule has 0 radical (unpaired) electrons. The monoisotopic (exact) mass is 311 g/mol. The van der Waals surface area contributed by atoms with E-state index in [0.717, 1.165) is 27.8 Å². The minimum atomic E-state index is 0.463. The van der Waals surface area contributed by atoms with Gasteiger partial charge in [0, 0.05) is 17.6 Å². The van der Waals surface area contributed by atoms with E-state index < -0.39 is 0 Å². The number of nitrogens with one attached hydrogen (secondary N) is 1. The summed E-state index contributed by atoms with van der Waals surface area (Å²) >= 11 is 1.55. The van der Waals surface area contributed by atoms with Crippen LogP contribution < -0.4 is 15.8 Å². The van der Waals surface area contributed by atoms with Crippen LogP contribution >= 0.6 is 11.3 Å². The maximum Gasteiger partial charge on any atom is 0.187 e. The molecule has 22 heavy (non-hydrogen) atoms. The van der Waals surface area contributed by atoms with Gasteiger partial charge in [0.15, 0.2) is 5.13 Å². The topological polar surface area (TPSA) is 60.2 Å². The van der Waals surface area contributed by atoms with Crippen molar-refractivity contribution in [3.05, 3.63) is 71.2 Å². The lowest BCUT2D eigenvalue weighted by Crippen LogP contribution is -1.97. The predicted octanol–water partition coefficient (Wildman–Crippen LogP) is 3.92. The number of rotatable bonds is 6. The van der Waals surface area contributed by atoms with Gasteiger partial charge in [0.25, 0.3) is 0 Å². The molecule has 3 rings (SSSR count). The minimum Gasteiger partial charge on any atom is -0.489 e. The quantitative estimate of drug-likeness (QED) is 0.724. The number of hydrogen-bond acceptors (Lipinski definition) is 5. The SMILES string of the molecule is NCc1csc(Nc2ccc(OCc3ccccc3)cc2)n1. The lowest BCUT2D eigenvalue weighted by atomic mass is 10.2. The number of anilines is 2. The Morgan fingerprint density at radius 1 is 1.05 bits per heavy atom. The molecule has 0 atom stereocenters. The number of aromatic nitrogens is 1. The molecule has 0 spiro atoms. The summed E-state index contributed by atoms with van der Waals surface area (Å²) < 4.78 is 5.76. The van der Waals surface area contributed by atoms with E-state index in [1.165, 1.54) is 0 Å². The number of hydrogen-bond donors (Lipinski definition) is 2. The standard InChI is InChI=1S/C17H17N3OS/c18-10-15-12-22-17(20-15)19-14-6-8-16(9-7-14)21-11-13-4-2-1-3-5-13/h1-9,12H,10-11,18H2,(H,19,20). The molecule has 0 unspecified atom stereocenters. The Morgan fingerprint density at radius 2 is 1.82 bits per heavy atom. The smallest absolute Gasteiger partial charge is 0.187 e. The van der Waals surface area contributed by atoms with E-state index >= 15 is 0 Å². The highest BCUT2D eigenvalue weighted by molar-refractivity contribution is 7.13. The molecule has 0 aliphatic carbocycles. The zero-order chi connectivity index (χ0) is 15.2. The molecule has 0 aliphatic heterocycles. The maximum absolute atomic E-state index is 5.76. The average molecular weight is 311 g/mol. The van der Waals surface area contributed by atoms with Gasteiger partial charge >= 0.3 is 0 Å². The van der Waals surface area contributed by atoms with Gasteiger partial charge in [0.05, 0.1) is 5.69 Å². The molecule has 0 saturated heterocycles. The molecule has 0 aliphatic rings. The fourth-order valence-electron chi connectivity index (χ4n) is 1.96. The lowest BCUT2D eigenvalue weighted by Gasteiger charge is -2.07. The highest BCUT2D eigenvalue weighted by Gasteiger charge is 2.01. The van der Waals surface area contributed by atoms with Crippen molar-refractivity contribution in [1.82, 2.24) is 4.98 Å². The van der Waals surface area contributed by atoms with E-state index in [1.807, 2.05) is 60.0 Å². The van der Waals surface area contributed by atoms with Crippen LogP contribution in [0.3, 0.4) is 0 Å². The zero-order valence-corrected chi connectivity index (χ0v) is 12.8. The second-order valence-electron chi connectivity index (χ2n) is 4.77. The van der Waals surface area contributed by atoms with E-state index in [0.29, 0.717) is 13.2 Å². The van der Waals surface area contributed by atoms with Crippen LogP contribution in [0, 0.1) is 0 Å². The first-order valence-corrected chi connectivity index (χ1v) is 7.90. The van der Waals surface area contributed by atoms with Crippen molar-refractivity contribution in [2.45, 2.75) is 13.2 Å². The van der Waals surface area contributed by atoms with Gasteiger partial charge in [-0.15, -0.1) is 11.3 Å². The van der Waals surface area contributed by atoms with E-state index in [-0.39, 0.29) is 0 Å². The minimum absolute atomic E-state index is 0.463. The summed E-state index contributed by atoms with van der Waals surface area (Å²) in [7, 11) is 0. The fourth-order valence-corrected chi connectivity index (χ4v) is 2.70. The molecule has 1 aromatic heterocycles. The number of nitrogens with zero attached hydrogens (tertiary/aromatic N) is 1. The third-order valence-corrected chi connectivity index (χ3v) is 3.92. The lowest BCUT2D eigenvalue weighted by molar-refractivity contribution is 0.306. The molecule has 3 aromatic rings. The van der Waals surface area contributed by atoms with Gasteiger partial charge in [-0.2, -0.15) is 0 Å². The van der Waals surface area contributed by atoms with Crippen LogP contribution in [0.25, 0.3) is 0 Å². The molecule has 5 heteroatoms. The number of benzene rings is 2. The largest absolute Gasteiger partial charge is 0.489 e. The van der Waals surface area contributed by atoms with Crippen molar-refractivity contribution >= 4 is 22.2 Å². The summed E-state index contributed by atoms with van der Waals surface area (Å²) in [4.78, 5) is 4.37. The predicted molar refractivity (Wildman–Crippen MR) is 90.5 cm³/mol. The van der Waals surface area contributed by atoms with Crippen LogP contribution in [0.4, 0.5) is 10.8 Å². The molecule has 1 heterocycles. The van der Waals surface area contributed by atoms with Crippen molar-refractivity contribution in [2.75, 3.05) is 5.32 Å². The van der Waals surface area contributed by atoms with E-state index in [2.05, 4.69) is 10.3 Å². The maximum atomic E-state index is 5.76. The van der Waals surface area contributed by atoms with Gasteiger partial charge in [-0.3, -0.25) is 0 Å². The molecule has 4 nitrogen and oxygen atoms in total. The average Bonchev–Trinajstić information content (AvgIpc) is 3.03. The first-order valence-electron chi connectivity index (χ1n) is 7.02. The molecule has 0 saturated carbocycles. The van der Waals surface area contributed by atoms with Gasteiger partial charge < -0.3 is 15.8 Å².